The molecule has 1 aromatic heterocycles. The summed E-state index contributed by atoms with van der Waals surface area (Å²) in [5.41, 5.74) is -0.401. The molecule has 12 nitrogen and oxygen atoms in total. The van der Waals surface area contributed by atoms with Gasteiger partial charge in [0.25, 0.3) is 5.56 Å². The van der Waals surface area contributed by atoms with Crippen molar-refractivity contribution in [2.45, 2.75) is 56.1 Å². The van der Waals surface area contributed by atoms with E-state index in [1.807, 2.05) is 54.6 Å². The lowest BCUT2D eigenvalue weighted by Crippen LogP contribution is -2.52. The topological polar surface area (TPSA) is 166 Å². The maximum Gasteiger partial charge on any atom is 0.330 e. The lowest BCUT2D eigenvalue weighted by atomic mass is 9.64. The molecule has 3 aromatic carbocycles. The van der Waals surface area contributed by atoms with Gasteiger partial charge in [-0.2, -0.15) is 0 Å². The van der Waals surface area contributed by atoms with E-state index in [2.05, 4.69) is 4.98 Å². The molecule has 0 amide bonds. The number of carbonyl (C=O) groups is 2. The van der Waals surface area contributed by atoms with Gasteiger partial charge in [-0.3, -0.25) is 23.9 Å². The van der Waals surface area contributed by atoms with Crippen molar-refractivity contribution >= 4 is 11.9 Å². The maximum absolute atomic E-state index is 12.9. The van der Waals surface area contributed by atoms with E-state index < -0.39 is 66.0 Å². The Morgan fingerprint density at radius 1 is 0.915 bits per heavy atom. The summed E-state index contributed by atoms with van der Waals surface area (Å²) < 4.78 is 24.3. The molecule has 246 valence electrons. The van der Waals surface area contributed by atoms with Crippen molar-refractivity contribution in [2.75, 3.05) is 14.2 Å². The highest BCUT2D eigenvalue weighted by Crippen LogP contribution is 2.47. The molecule has 0 aliphatic carbocycles. The third-order valence-corrected chi connectivity index (χ3v) is 8.47. The van der Waals surface area contributed by atoms with Crippen LogP contribution in [0.25, 0.3) is 0 Å². The third-order valence-electron chi connectivity index (χ3n) is 8.47. The van der Waals surface area contributed by atoms with E-state index in [9.17, 15) is 24.3 Å². The second-order valence-electron chi connectivity index (χ2n) is 11.3. The normalized spacial score (nSPS) is 18.3. The van der Waals surface area contributed by atoms with Gasteiger partial charge in [-0.05, 0) is 47.9 Å². The van der Waals surface area contributed by atoms with Crippen molar-refractivity contribution in [3.8, 4) is 11.5 Å². The molecule has 1 fully saturated rings. The molecule has 0 bridgehead atoms. The second-order valence-corrected chi connectivity index (χ2v) is 11.3. The SMILES string of the molecule is COc1ccc(C(c2ccccc2)(c2ccc(OC)cc2)C(O)[C@H]2O[C@@H](n3cc(C)c(=O)[nH]c3=O)C[C@@H]2OC(=O)CCC(=O)O)cc1. The molecule has 1 aliphatic heterocycles. The van der Waals surface area contributed by atoms with E-state index in [1.54, 1.807) is 38.5 Å². The number of aromatic amines is 1. The van der Waals surface area contributed by atoms with Gasteiger partial charge in [-0.15, -0.1) is 0 Å². The molecule has 1 saturated heterocycles. The average molecular weight is 645 g/mol. The van der Waals surface area contributed by atoms with Gasteiger partial charge in [0.1, 0.15) is 36.0 Å². The first-order valence-electron chi connectivity index (χ1n) is 15.0. The van der Waals surface area contributed by atoms with E-state index in [-0.39, 0.29) is 12.0 Å². The number of carboxylic acids is 1. The van der Waals surface area contributed by atoms with Gasteiger partial charge in [-0.25, -0.2) is 4.79 Å². The highest BCUT2D eigenvalue weighted by Gasteiger charge is 2.53. The van der Waals surface area contributed by atoms with Crippen molar-refractivity contribution in [2.24, 2.45) is 0 Å². The second kappa shape index (κ2) is 14.1. The number of nitrogens with one attached hydrogen (secondary N) is 1. The molecule has 3 N–H and O–H groups in total. The van der Waals surface area contributed by atoms with Crippen LogP contribution in [0.3, 0.4) is 0 Å². The first-order valence-corrected chi connectivity index (χ1v) is 15.0. The lowest BCUT2D eigenvalue weighted by molar-refractivity contribution is -0.159. The molecule has 4 atom stereocenters. The van der Waals surface area contributed by atoms with Crippen LogP contribution in [-0.4, -0.2) is 64.2 Å². The Bertz CT molecular complexity index is 1770. The summed E-state index contributed by atoms with van der Waals surface area (Å²) in [6, 6.07) is 23.7. The summed E-state index contributed by atoms with van der Waals surface area (Å²) in [6.07, 6.45) is -4.44. The maximum atomic E-state index is 12.9. The molecular weight excluding hydrogens is 608 g/mol. The molecule has 1 aliphatic rings. The number of aliphatic hydroxyl groups excluding tert-OH is 1. The van der Waals surface area contributed by atoms with E-state index in [1.165, 1.54) is 17.7 Å². The number of H-pyrrole nitrogens is 1. The van der Waals surface area contributed by atoms with Gasteiger partial charge >= 0.3 is 17.6 Å². The molecule has 12 heteroatoms. The minimum atomic E-state index is -1.46. The lowest BCUT2D eigenvalue weighted by Gasteiger charge is -2.43. The van der Waals surface area contributed by atoms with Crippen LogP contribution in [-0.2, 0) is 24.5 Å². The van der Waals surface area contributed by atoms with E-state index in [0.29, 0.717) is 28.2 Å². The van der Waals surface area contributed by atoms with Gasteiger partial charge < -0.3 is 29.2 Å². The van der Waals surface area contributed by atoms with Crippen LogP contribution in [0.1, 0.15) is 47.7 Å². The predicted octanol–water partition coefficient (Wildman–Crippen LogP) is 3.32. The highest BCUT2D eigenvalue weighted by atomic mass is 16.6. The number of hydrogen-bond donors (Lipinski definition) is 3. The van der Waals surface area contributed by atoms with Crippen LogP contribution < -0.4 is 20.7 Å². The summed E-state index contributed by atoms with van der Waals surface area (Å²) in [7, 11) is 3.10. The number of nitrogens with zero attached hydrogens (tertiary/aromatic N) is 1. The van der Waals surface area contributed by atoms with Crippen LogP contribution in [0.4, 0.5) is 0 Å². The average Bonchev–Trinajstić information content (AvgIpc) is 3.49. The molecule has 2 heterocycles. The largest absolute Gasteiger partial charge is 0.497 e. The fourth-order valence-corrected chi connectivity index (χ4v) is 6.13. The molecule has 0 radical (unpaired) electrons. The monoisotopic (exact) mass is 644 g/mol. The van der Waals surface area contributed by atoms with E-state index in [0.717, 1.165) is 0 Å². The van der Waals surface area contributed by atoms with Gasteiger partial charge in [-0.1, -0.05) is 54.6 Å². The Kier molecular flexibility index (Phi) is 9.92. The van der Waals surface area contributed by atoms with Gasteiger partial charge in [0, 0.05) is 18.2 Å². The molecule has 1 unspecified atom stereocenters. The Labute approximate surface area is 270 Å². The molecule has 5 rings (SSSR count). The molecule has 0 saturated carbocycles. The van der Waals surface area contributed by atoms with Gasteiger partial charge in [0.2, 0.25) is 0 Å². The van der Waals surface area contributed by atoms with Crippen LogP contribution >= 0.6 is 0 Å². The van der Waals surface area contributed by atoms with E-state index >= 15 is 0 Å². The number of carboxylic acid groups (broad SMARTS) is 1. The number of aryl methyl sites for hydroxylation is 1. The fraction of sp³-hybridized carbons (Fsp3) is 0.314. The van der Waals surface area contributed by atoms with Crippen molar-refractivity contribution in [3.05, 3.63) is 128 Å². The quantitative estimate of drug-likeness (QED) is 0.154. The summed E-state index contributed by atoms with van der Waals surface area (Å²) in [6.45, 7) is 1.53. The Balaban J connectivity index is 1.70. The number of esters is 1. The van der Waals surface area contributed by atoms with Crippen LogP contribution in [0.15, 0.2) is 94.6 Å². The van der Waals surface area contributed by atoms with Crippen molar-refractivity contribution < 1.29 is 38.7 Å². The molecule has 4 aromatic rings. The number of ether oxygens (including phenoxy) is 4. The van der Waals surface area contributed by atoms with E-state index in [4.69, 9.17) is 24.1 Å². The fourth-order valence-electron chi connectivity index (χ4n) is 6.13. The number of aromatic nitrogens is 2. The summed E-state index contributed by atoms with van der Waals surface area (Å²) in [4.78, 5) is 51.4. The standard InChI is InChI=1S/C35H36N2O10/c1-21-20-37(34(43)36-33(21)42)28-19-27(46-30(40)18-17-29(38)39)31(47-28)32(41)35(22-7-5-4-6-8-22,23-9-13-25(44-2)14-10-23)24-11-15-26(45-3)16-12-24/h4-16,20,27-28,31-32,41H,17-19H2,1-3H3,(H,38,39)(H,36,42,43)/t27-,28+,31-,32?/m0/s1. The Morgan fingerprint density at radius 3 is 2.00 bits per heavy atom. The van der Waals surface area contributed by atoms with Crippen LogP contribution in [0.5, 0.6) is 11.5 Å². The van der Waals surface area contributed by atoms with Gasteiger partial charge in [0.05, 0.1) is 32.5 Å². The summed E-state index contributed by atoms with van der Waals surface area (Å²) >= 11 is 0. The predicted molar refractivity (Wildman–Crippen MR) is 170 cm³/mol. The minimum absolute atomic E-state index is 0.0674. The number of carbonyl (C=O) groups excluding carboxylic acids is 1. The third kappa shape index (κ3) is 6.69. The Hall–Kier alpha value is -5.20. The zero-order valence-corrected chi connectivity index (χ0v) is 26.1. The minimum Gasteiger partial charge on any atom is -0.497 e. The van der Waals surface area contributed by atoms with Crippen molar-refractivity contribution in [3.63, 3.8) is 0 Å². The van der Waals surface area contributed by atoms with Gasteiger partial charge in [0.15, 0.2) is 0 Å². The van der Waals surface area contributed by atoms with Crippen molar-refractivity contribution in [1.82, 2.24) is 9.55 Å². The number of aliphatic hydroxyl groups is 1. The van der Waals surface area contributed by atoms with Crippen LogP contribution in [0.2, 0.25) is 0 Å². The first kappa shape index (κ1) is 33.2. The number of aliphatic carboxylic acids is 1. The zero-order chi connectivity index (χ0) is 33.7. The summed E-state index contributed by atoms with van der Waals surface area (Å²) in [5.74, 6) is -0.787. The van der Waals surface area contributed by atoms with Crippen molar-refractivity contribution in [1.29, 1.82) is 0 Å². The number of methoxy groups -OCH3 is 2. The molecule has 47 heavy (non-hydrogen) atoms. The smallest absolute Gasteiger partial charge is 0.330 e. The molecule has 0 spiro atoms. The summed E-state index contributed by atoms with van der Waals surface area (Å²) in [5, 5.41) is 21.9. The Morgan fingerprint density at radius 2 is 1.47 bits per heavy atom. The zero-order valence-electron chi connectivity index (χ0n) is 26.1. The number of hydrogen-bond acceptors (Lipinski definition) is 9. The van der Waals surface area contributed by atoms with Crippen LogP contribution in [0, 0.1) is 6.92 Å². The first-order chi connectivity index (χ1) is 22.6. The highest BCUT2D eigenvalue weighted by molar-refractivity contribution is 5.76. The number of rotatable bonds is 12. The molecular formula is C35H36N2O10. The number of benzene rings is 3.